The van der Waals surface area contributed by atoms with Gasteiger partial charge in [0.25, 0.3) is 0 Å². The molecule has 2 rings (SSSR count). The molecule has 0 spiro atoms. The van der Waals surface area contributed by atoms with Crippen LogP contribution in [0.1, 0.15) is 16.7 Å². The number of hydrogen-bond acceptors (Lipinski definition) is 3. The summed E-state index contributed by atoms with van der Waals surface area (Å²) in [5.41, 5.74) is 8.95. The highest BCUT2D eigenvalue weighted by molar-refractivity contribution is 5.85. The first-order valence-corrected chi connectivity index (χ1v) is 8.29. The van der Waals surface area contributed by atoms with E-state index in [0.29, 0.717) is 26.1 Å². The molecular weight excluding hydrogens is 336 g/mol. The van der Waals surface area contributed by atoms with Crippen LogP contribution in [0.2, 0.25) is 0 Å². The predicted molar refractivity (Wildman–Crippen MR) is 104 cm³/mol. The Morgan fingerprint density at radius 2 is 1.84 bits per heavy atom. The lowest BCUT2D eigenvalue weighted by atomic mass is 10.1. The maximum Gasteiger partial charge on any atom is 0.227 e. The molecule has 0 aromatic heterocycles. The van der Waals surface area contributed by atoms with E-state index in [1.165, 1.54) is 5.56 Å². The molecule has 0 aliphatic heterocycles. The van der Waals surface area contributed by atoms with Crippen molar-refractivity contribution in [1.29, 1.82) is 0 Å². The Morgan fingerprint density at radius 1 is 1.12 bits per heavy atom. The van der Waals surface area contributed by atoms with Gasteiger partial charge in [0.15, 0.2) is 0 Å². The van der Waals surface area contributed by atoms with E-state index in [1.807, 2.05) is 48.2 Å². The Kier molecular flexibility index (Phi) is 9.03. The molecule has 2 aromatic rings. The molecule has 0 heterocycles. The number of halogens is 1. The lowest BCUT2D eigenvalue weighted by Gasteiger charge is -2.23. The van der Waals surface area contributed by atoms with Crippen molar-refractivity contribution in [3.8, 4) is 5.75 Å². The van der Waals surface area contributed by atoms with E-state index in [-0.39, 0.29) is 18.3 Å². The van der Waals surface area contributed by atoms with Crippen LogP contribution in [0.5, 0.6) is 5.75 Å². The van der Waals surface area contributed by atoms with Crippen molar-refractivity contribution in [2.45, 2.75) is 19.8 Å². The summed E-state index contributed by atoms with van der Waals surface area (Å²) in [6, 6.07) is 16.1. The highest BCUT2D eigenvalue weighted by Crippen LogP contribution is 2.21. The van der Waals surface area contributed by atoms with Gasteiger partial charge >= 0.3 is 0 Å². The highest BCUT2D eigenvalue weighted by Gasteiger charge is 2.16. The van der Waals surface area contributed by atoms with Crippen molar-refractivity contribution in [2.24, 2.45) is 5.73 Å². The first-order valence-electron chi connectivity index (χ1n) is 8.29. The van der Waals surface area contributed by atoms with Crippen LogP contribution in [-0.2, 0) is 17.6 Å². The maximum absolute atomic E-state index is 12.7. The minimum absolute atomic E-state index is 0. The number of hydrogen-bond donors (Lipinski definition) is 1. The molecule has 0 atom stereocenters. The van der Waals surface area contributed by atoms with E-state index >= 15 is 0 Å². The van der Waals surface area contributed by atoms with Gasteiger partial charge in [0.2, 0.25) is 5.91 Å². The standard InChI is InChI=1S/C20H26N2O2.ClH/c1-16-8-9-19(24-2)18(14-16)15-20(23)22(13-11-21)12-10-17-6-4-3-5-7-17;/h3-9,14H,10-13,15,21H2,1-2H3;1H. The van der Waals surface area contributed by atoms with Gasteiger partial charge in [-0.25, -0.2) is 0 Å². The second-order valence-corrected chi connectivity index (χ2v) is 5.90. The molecule has 136 valence electrons. The zero-order chi connectivity index (χ0) is 17.4. The summed E-state index contributed by atoms with van der Waals surface area (Å²) < 4.78 is 5.37. The summed E-state index contributed by atoms with van der Waals surface area (Å²) in [6.07, 6.45) is 1.16. The van der Waals surface area contributed by atoms with Crippen molar-refractivity contribution in [1.82, 2.24) is 4.90 Å². The van der Waals surface area contributed by atoms with Gasteiger partial charge in [-0.3, -0.25) is 4.79 Å². The Hall–Kier alpha value is -2.04. The molecule has 0 fully saturated rings. The van der Waals surface area contributed by atoms with Crippen LogP contribution in [-0.4, -0.2) is 37.6 Å². The fourth-order valence-corrected chi connectivity index (χ4v) is 2.75. The number of rotatable bonds is 8. The summed E-state index contributed by atoms with van der Waals surface area (Å²) in [5.74, 6) is 0.838. The van der Waals surface area contributed by atoms with Crippen molar-refractivity contribution < 1.29 is 9.53 Å². The molecule has 5 heteroatoms. The van der Waals surface area contributed by atoms with Crippen molar-refractivity contribution in [2.75, 3.05) is 26.7 Å². The number of aryl methyl sites for hydroxylation is 1. The minimum Gasteiger partial charge on any atom is -0.496 e. The van der Waals surface area contributed by atoms with E-state index in [1.54, 1.807) is 7.11 Å². The molecule has 0 saturated heterocycles. The topological polar surface area (TPSA) is 55.6 Å². The van der Waals surface area contributed by atoms with Crippen molar-refractivity contribution in [3.05, 3.63) is 65.2 Å². The molecule has 25 heavy (non-hydrogen) atoms. The second-order valence-electron chi connectivity index (χ2n) is 5.90. The molecule has 0 aliphatic carbocycles. The van der Waals surface area contributed by atoms with E-state index < -0.39 is 0 Å². The largest absolute Gasteiger partial charge is 0.496 e. The van der Waals surface area contributed by atoms with Gasteiger partial charge in [0.1, 0.15) is 5.75 Å². The number of methoxy groups -OCH3 is 1. The number of carbonyl (C=O) groups excluding carboxylic acids is 1. The number of benzene rings is 2. The maximum atomic E-state index is 12.7. The summed E-state index contributed by atoms with van der Waals surface area (Å²) in [7, 11) is 1.63. The van der Waals surface area contributed by atoms with Gasteiger partial charge in [-0.05, 0) is 25.0 Å². The van der Waals surface area contributed by atoms with Gasteiger partial charge in [0, 0.05) is 25.2 Å². The Labute approximate surface area is 156 Å². The van der Waals surface area contributed by atoms with E-state index in [2.05, 4.69) is 12.1 Å². The first kappa shape index (κ1) is 21.0. The van der Waals surface area contributed by atoms with Gasteiger partial charge < -0.3 is 15.4 Å². The smallest absolute Gasteiger partial charge is 0.227 e. The number of amides is 1. The molecule has 0 radical (unpaired) electrons. The highest BCUT2D eigenvalue weighted by atomic mass is 35.5. The molecule has 4 nitrogen and oxygen atoms in total. The number of ether oxygens (including phenoxy) is 1. The normalized spacial score (nSPS) is 10.0. The van der Waals surface area contributed by atoms with Crippen LogP contribution < -0.4 is 10.5 Å². The Bertz CT molecular complexity index is 662. The van der Waals surface area contributed by atoms with Gasteiger partial charge in [-0.15, -0.1) is 12.4 Å². The Balaban J connectivity index is 0.00000312. The van der Waals surface area contributed by atoms with Crippen LogP contribution in [0.4, 0.5) is 0 Å². The molecule has 2 N–H and O–H groups in total. The predicted octanol–water partition coefficient (Wildman–Crippen LogP) is 3.00. The van der Waals surface area contributed by atoms with Crippen LogP contribution >= 0.6 is 12.4 Å². The van der Waals surface area contributed by atoms with Gasteiger partial charge in [-0.1, -0.05) is 48.0 Å². The van der Waals surface area contributed by atoms with E-state index in [9.17, 15) is 4.79 Å². The van der Waals surface area contributed by atoms with Crippen LogP contribution in [0.25, 0.3) is 0 Å². The molecule has 0 bridgehead atoms. The summed E-state index contributed by atoms with van der Waals surface area (Å²) in [4.78, 5) is 14.6. The summed E-state index contributed by atoms with van der Waals surface area (Å²) in [5, 5.41) is 0. The molecule has 1 amide bonds. The molecule has 0 unspecified atom stereocenters. The third-order valence-electron chi connectivity index (χ3n) is 4.04. The lowest BCUT2D eigenvalue weighted by Crippen LogP contribution is -2.38. The summed E-state index contributed by atoms with van der Waals surface area (Å²) >= 11 is 0. The first-order chi connectivity index (χ1) is 11.6. The molecule has 0 saturated carbocycles. The zero-order valence-electron chi connectivity index (χ0n) is 14.9. The summed E-state index contributed by atoms with van der Waals surface area (Å²) in [6.45, 7) is 3.72. The van der Waals surface area contributed by atoms with Crippen LogP contribution in [0.15, 0.2) is 48.5 Å². The minimum atomic E-state index is 0. The number of carbonyl (C=O) groups is 1. The fraction of sp³-hybridized carbons (Fsp3) is 0.350. The van der Waals surface area contributed by atoms with Gasteiger partial charge in [-0.2, -0.15) is 0 Å². The Morgan fingerprint density at radius 3 is 2.48 bits per heavy atom. The van der Waals surface area contributed by atoms with Crippen LogP contribution in [0, 0.1) is 6.92 Å². The van der Waals surface area contributed by atoms with Crippen LogP contribution in [0.3, 0.4) is 0 Å². The third kappa shape index (κ3) is 6.40. The van der Waals surface area contributed by atoms with Gasteiger partial charge in [0.05, 0.1) is 13.5 Å². The second kappa shape index (κ2) is 10.7. The van der Waals surface area contributed by atoms with E-state index in [4.69, 9.17) is 10.5 Å². The van der Waals surface area contributed by atoms with Crippen molar-refractivity contribution in [3.63, 3.8) is 0 Å². The number of nitrogens with zero attached hydrogens (tertiary/aromatic N) is 1. The lowest BCUT2D eigenvalue weighted by molar-refractivity contribution is -0.130. The zero-order valence-corrected chi connectivity index (χ0v) is 15.7. The SMILES string of the molecule is COc1ccc(C)cc1CC(=O)N(CCN)CCc1ccccc1.Cl. The molecule has 2 aromatic carbocycles. The quantitative estimate of drug-likeness (QED) is 0.785. The number of nitrogens with two attached hydrogens (primary N) is 1. The average molecular weight is 363 g/mol. The van der Waals surface area contributed by atoms with E-state index in [0.717, 1.165) is 23.3 Å². The monoisotopic (exact) mass is 362 g/mol. The fourth-order valence-electron chi connectivity index (χ4n) is 2.75. The molecule has 0 aliphatic rings. The molecular formula is C20H27ClN2O2. The van der Waals surface area contributed by atoms with Crippen molar-refractivity contribution >= 4 is 18.3 Å². The average Bonchev–Trinajstić information content (AvgIpc) is 2.59. The third-order valence-corrected chi connectivity index (χ3v) is 4.04.